The average Bonchev–Trinajstić information content (AvgIpc) is 2.42. The van der Waals surface area contributed by atoms with Crippen molar-refractivity contribution in [1.29, 1.82) is 5.41 Å². The number of carbonyl (C=O) groups is 2. The van der Waals surface area contributed by atoms with Gasteiger partial charge >= 0.3 is 6.03 Å². The lowest BCUT2D eigenvalue weighted by Crippen LogP contribution is -2.42. The lowest BCUT2D eigenvalue weighted by molar-refractivity contribution is -0.118. The fourth-order valence-electron chi connectivity index (χ4n) is 1.76. The van der Waals surface area contributed by atoms with Gasteiger partial charge in [0, 0.05) is 19.0 Å². The van der Waals surface area contributed by atoms with Gasteiger partial charge < -0.3 is 5.32 Å². The second-order valence-electron chi connectivity index (χ2n) is 4.74. The van der Waals surface area contributed by atoms with Crippen LogP contribution in [-0.4, -0.2) is 22.4 Å². The summed E-state index contributed by atoms with van der Waals surface area (Å²) in [6.45, 7) is 7.49. The summed E-state index contributed by atoms with van der Waals surface area (Å²) in [5.41, 5.74) is 0.903. The summed E-state index contributed by atoms with van der Waals surface area (Å²) in [6.07, 6.45) is 2.99. The van der Waals surface area contributed by atoms with Gasteiger partial charge in [0.1, 0.15) is 11.3 Å². The minimum Gasteiger partial charge on any atom is -0.331 e. The average molecular weight is 275 g/mol. The van der Waals surface area contributed by atoms with E-state index in [9.17, 15) is 9.59 Å². The smallest absolute Gasteiger partial charge is 0.327 e. The van der Waals surface area contributed by atoms with Crippen LogP contribution < -0.4 is 10.8 Å². The molecule has 5 nitrogen and oxygen atoms in total. The molecule has 0 aliphatic carbocycles. The van der Waals surface area contributed by atoms with E-state index >= 15 is 0 Å². The number of Topliss-reactive ketones (excluding diaryl/α,β-unsaturated/α-hetero) is 1. The Morgan fingerprint density at radius 2 is 2.15 bits per heavy atom. The summed E-state index contributed by atoms with van der Waals surface area (Å²) in [5, 5.41) is 10.5. The molecule has 0 aliphatic rings. The van der Waals surface area contributed by atoms with E-state index in [0.29, 0.717) is 19.3 Å². The van der Waals surface area contributed by atoms with Gasteiger partial charge in [0.2, 0.25) is 0 Å². The van der Waals surface area contributed by atoms with Crippen LogP contribution in [-0.2, 0) is 4.79 Å². The first kappa shape index (κ1) is 15.9. The molecule has 0 aromatic carbocycles. The molecule has 1 aromatic rings. The topological polar surface area (TPSA) is 75.0 Å². The summed E-state index contributed by atoms with van der Waals surface area (Å²) in [4.78, 5) is 23.5. The third kappa shape index (κ3) is 4.50. The molecule has 1 rings (SSSR count). The Labute approximate surface area is 118 Å². The van der Waals surface area contributed by atoms with Crippen molar-refractivity contribution in [3.8, 4) is 0 Å². The molecule has 0 aliphatic heterocycles. The molecule has 1 aromatic heterocycles. The molecule has 5 heteroatoms. The van der Waals surface area contributed by atoms with Crippen molar-refractivity contribution in [2.24, 2.45) is 0 Å². The summed E-state index contributed by atoms with van der Waals surface area (Å²) in [5.74, 6) is 0.166. The zero-order valence-electron chi connectivity index (χ0n) is 12.0. The fourth-order valence-corrected chi connectivity index (χ4v) is 1.76. The van der Waals surface area contributed by atoms with Crippen molar-refractivity contribution in [3.63, 3.8) is 0 Å². The van der Waals surface area contributed by atoms with Gasteiger partial charge in [-0.05, 0) is 25.5 Å². The Morgan fingerprint density at radius 1 is 1.45 bits per heavy atom. The molecule has 0 spiro atoms. The van der Waals surface area contributed by atoms with Gasteiger partial charge in [-0.1, -0.05) is 25.1 Å². The largest absolute Gasteiger partial charge is 0.331 e. The van der Waals surface area contributed by atoms with Crippen LogP contribution in [0.4, 0.5) is 4.79 Å². The molecule has 0 bridgehead atoms. The predicted molar refractivity (Wildman–Crippen MR) is 77.4 cm³/mol. The molecule has 0 fully saturated rings. The molecule has 1 amide bonds. The highest BCUT2D eigenvalue weighted by molar-refractivity contribution is 5.79. The maximum atomic E-state index is 12.1. The zero-order chi connectivity index (χ0) is 15.1. The van der Waals surface area contributed by atoms with Crippen LogP contribution in [0, 0.1) is 5.41 Å². The molecule has 0 saturated heterocycles. The van der Waals surface area contributed by atoms with Crippen LogP contribution in [0.3, 0.4) is 0 Å². The third-order valence-corrected chi connectivity index (χ3v) is 3.08. The number of ketones is 1. The Hall–Kier alpha value is -2.17. The van der Waals surface area contributed by atoms with Crippen molar-refractivity contribution in [2.75, 3.05) is 0 Å². The standard InChI is InChI=1S/C15H21N3O2/c1-4-12(19)8-9-13(11(2)3)17-15(20)18-10-6-5-7-14(18)16/h5-7,10,13,16H,2,4,8-9H2,1,3H3,(H,17,20). The van der Waals surface area contributed by atoms with Crippen LogP contribution in [0.25, 0.3) is 0 Å². The molecule has 108 valence electrons. The lowest BCUT2D eigenvalue weighted by atomic mass is 10.0. The number of rotatable bonds is 6. The van der Waals surface area contributed by atoms with Crippen molar-refractivity contribution in [1.82, 2.24) is 9.88 Å². The molecular weight excluding hydrogens is 254 g/mol. The van der Waals surface area contributed by atoms with E-state index in [4.69, 9.17) is 5.41 Å². The second kappa shape index (κ2) is 7.43. The SMILES string of the molecule is C=C(C)C(CCC(=O)CC)NC(=O)n1ccccc1=N. The van der Waals surface area contributed by atoms with Gasteiger partial charge in [-0.2, -0.15) is 0 Å². The minimum absolute atomic E-state index is 0.107. The van der Waals surface area contributed by atoms with Gasteiger partial charge in [0.15, 0.2) is 0 Å². The number of hydrogen-bond acceptors (Lipinski definition) is 3. The zero-order valence-corrected chi connectivity index (χ0v) is 12.0. The summed E-state index contributed by atoms with van der Waals surface area (Å²) in [7, 11) is 0. The highest BCUT2D eigenvalue weighted by Crippen LogP contribution is 2.08. The molecule has 0 saturated carbocycles. The Bertz CT molecular complexity index is 560. The molecule has 1 heterocycles. The van der Waals surface area contributed by atoms with E-state index < -0.39 is 0 Å². The number of nitrogens with one attached hydrogen (secondary N) is 2. The molecule has 20 heavy (non-hydrogen) atoms. The van der Waals surface area contributed by atoms with E-state index in [-0.39, 0.29) is 23.3 Å². The highest BCUT2D eigenvalue weighted by atomic mass is 16.2. The van der Waals surface area contributed by atoms with Crippen molar-refractivity contribution >= 4 is 11.8 Å². The molecule has 0 radical (unpaired) electrons. The Morgan fingerprint density at radius 3 is 2.70 bits per heavy atom. The molecule has 1 unspecified atom stereocenters. The number of nitrogens with zero attached hydrogens (tertiary/aromatic N) is 1. The monoisotopic (exact) mass is 275 g/mol. The number of amides is 1. The fraction of sp³-hybridized carbons (Fsp3) is 0.400. The summed E-state index contributed by atoms with van der Waals surface area (Å²) < 4.78 is 1.22. The second-order valence-corrected chi connectivity index (χ2v) is 4.74. The molecular formula is C15H21N3O2. The van der Waals surface area contributed by atoms with Crippen LogP contribution in [0.1, 0.15) is 33.1 Å². The first-order valence-electron chi connectivity index (χ1n) is 6.66. The van der Waals surface area contributed by atoms with Crippen LogP contribution in [0.5, 0.6) is 0 Å². The summed E-state index contributed by atoms with van der Waals surface area (Å²) in [6, 6.07) is 4.28. The van der Waals surface area contributed by atoms with E-state index in [2.05, 4.69) is 11.9 Å². The first-order valence-corrected chi connectivity index (χ1v) is 6.66. The van der Waals surface area contributed by atoms with Gasteiger partial charge in [-0.3, -0.25) is 14.8 Å². The molecule has 2 N–H and O–H groups in total. The van der Waals surface area contributed by atoms with E-state index in [0.717, 1.165) is 5.57 Å². The van der Waals surface area contributed by atoms with Crippen molar-refractivity contribution in [2.45, 2.75) is 39.2 Å². The maximum absolute atomic E-state index is 12.1. The normalized spacial score (nSPS) is 11.7. The van der Waals surface area contributed by atoms with Gasteiger partial charge in [-0.25, -0.2) is 4.79 Å². The predicted octanol–water partition coefficient (Wildman–Crippen LogP) is 2.23. The Kier molecular flexibility index (Phi) is 5.90. The van der Waals surface area contributed by atoms with Gasteiger partial charge in [0.25, 0.3) is 0 Å². The van der Waals surface area contributed by atoms with E-state index in [1.54, 1.807) is 12.1 Å². The van der Waals surface area contributed by atoms with Crippen molar-refractivity contribution in [3.05, 3.63) is 42.0 Å². The lowest BCUT2D eigenvalue weighted by Gasteiger charge is -2.19. The maximum Gasteiger partial charge on any atom is 0.327 e. The highest BCUT2D eigenvalue weighted by Gasteiger charge is 2.15. The first-order chi connectivity index (χ1) is 9.45. The third-order valence-electron chi connectivity index (χ3n) is 3.08. The van der Waals surface area contributed by atoms with Crippen LogP contribution >= 0.6 is 0 Å². The quantitative estimate of drug-likeness (QED) is 0.781. The number of hydrogen-bond donors (Lipinski definition) is 2. The van der Waals surface area contributed by atoms with Gasteiger partial charge in [-0.15, -0.1) is 0 Å². The van der Waals surface area contributed by atoms with Crippen molar-refractivity contribution < 1.29 is 9.59 Å². The van der Waals surface area contributed by atoms with E-state index in [1.165, 1.54) is 16.8 Å². The minimum atomic E-state index is -0.382. The van der Waals surface area contributed by atoms with Gasteiger partial charge in [0.05, 0.1) is 6.04 Å². The molecule has 1 atom stereocenters. The van der Waals surface area contributed by atoms with Crippen LogP contribution in [0.2, 0.25) is 0 Å². The number of carbonyl (C=O) groups excluding carboxylic acids is 2. The summed E-state index contributed by atoms with van der Waals surface area (Å²) >= 11 is 0. The number of aromatic nitrogens is 1. The Balaban J connectivity index is 2.74. The number of pyridine rings is 1. The van der Waals surface area contributed by atoms with Crippen LogP contribution in [0.15, 0.2) is 36.5 Å². The van der Waals surface area contributed by atoms with E-state index in [1.807, 2.05) is 13.8 Å².